The number of aliphatic imine (C=N–C) groups is 1. The van der Waals surface area contributed by atoms with Crippen molar-refractivity contribution in [1.29, 1.82) is 0 Å². The summed E-state index contributed by atoms with van der Waals surface area (Å²) in [5, 5.41) is 2.36. The Morgan fingerprint density at radius 1 is 0.593 bits per heavy atom. The van der Waals surface area contributed by atoms with Gasteiger partial charge in [0.25, 0.3) is 0 Å². The van der Waals surface area contributed by atoms with Crippen LogP contribution in [0.1, 0.15) is 43.0 Å². The van der Waals surface area contributed by atoms with Crippen molar-refractivity contribution in [3.05, 3.63) is 217 Å². The molecule has 0 saturated carbocycles. The molecule has 2 aliphatic rings. The highest BCUT2D eigenvalue weighted by Crippen LogP contribution is 2.49. The number of para-hydroxylation sites is 5. The summed E-state index contributed by atoms with van der Waals surface area (Å²) in [6.07, 6.45) is 4.35. The van der Waals surface area contributed by atoms with Gasteiger partial charge < -0.3 is 4.90 Å². The molecule has 0 amide bonds. The van der Waals surface area contributed by atoms with Crippen molar-refractivity contribution in [3.8, 4) is 28.2 Å². The Morgan fingerprint density at radius 2 is 1.20 bits per heavy atom. The number of aromatic nitrogens is 3. The Kier molecular flexibility index (Phi) is 7.82. The van der Waals surface area contributed by atoms with Crippen LogP contribution in [0.2, 0.25) is 0 Å². The van der Waals surface area contributed by atoms with Crippen LogP contribution in [0.5, 0.6) is 0 Å². The summed E-state index contributed by atoms with van der Waals surface area (Å²) < 4.78 is 4.52. The monoisotopic (exact) mass is 759 g/mol. The van der Waals surface area contributed by atoms with Crippen molar-refractivity contribution in [1.82, 2.24) is 19.0 Å². The highest BCUT2D eigenvalue weighted by molar-refractivity contribution is 6.19. The molecule has 11 rings (SSSR count). The van der Waals surface area contributed by atoms with Gasteiger partial charge in [-0.05, 0) is 77.2 Å². The number of hydrogen-bond acceptors (Lipinski definition) is 3. The fourth-order valence-electron chi connectivity index (χ4n) is 9.36. The van der Waals surface area contributed by atoms with E-state index in [-0.39, 0.29) is 5.41 Å². The van der Waals surface area contributed by atoms with Crippen LogP contribution < -0.4 is 0 Å². The van der Waals surface area contributed by atoms with Crippen LogP contribution >= 0.6 is 0 Å². The van der Waals surface area contributed by atoms with E-state index in [1.54, 1.807) is 0 Å². The zero-order valence-electron chi connectivity index (χ0n) is 33.3. The molecule has 0 saturated heterocycles. The number of fused-ring (bicyclic) bond motifs is 7. The molecule has 5 heteroatoms. The molecule has 0 spiro atoms. The summed E-state index contributed by atoms with van der Waals surface area (Å²) in [5.41, 5.74) is 16.3. The molecule has 7 aromatic carbocycles. The minimum absolute atomic E-state index is 0.126. The number of hydrogen-bond donors (Lipinski definition) is 0. The van der Waals surface area contributed by atoms with Crippen molar-refractivity contribution >= 4 is 50.1 Å². The summed E-state index contributed by atoms with van der Waals surface area (Å²) in [4.78, 5) is 12.9. The predicted octanol–water partition coefficient (Wildman–Crippen LogP) is 13.2. The lowest BCUT2D eigenvalue weighted by atomic mass is 9.82. The number of nitrogens with zero attached hydrogens (tertiary/aromatic N) is 5. The molecule has 59 heavy (non-hydrogen) atoms. The first kappa shape index (κ1) is 34.7. The molecule has 3 heterocycles. The van der Waals surface area contributed by atoms with Crippen LogP contribution in [0.25, 0.3) is 72.4 Å². The van der Waals surface area contributed by atoms with Crippen LogP contribution in [0.3, 0.4) is 0 Å². The Balaban J connectivity index is 1.07. The second-order valence-corrected chi connectivity index (χ2v) is 15.9. The minimum Gasteiger partial charge on any atom is -0.312 e. The quantitative estimate of drug-likeness (QED) is 0.175. The van der Waals surface area contributed by atoms with Crippen molar-refractivity contribution in [2.45, 2.75) is 26.2 Å². The molecular formula is C54H41N5. The van der Waals surface area contributed by atoms with Crippen LogP contribution in [0.15, 0.2) is 199 Å². The van der Waals surface area contributed by atoms with Gasteiger partial charge in [-0.1, -0.05) is 154 Å². The molecule has 0 radical (unpaired) electrons. The van der Waals surface area contributed by atoms with Gasteiger partial charge in [0.05, 0.1) is 33.5 Å². The van der Waals surface area contributed by atoms with E-state index in [9.17, 15) is 0 Å². The molecule has 2 aromatic heterocycles. The highest BCUT2D eigenvalue weighted by atomic mass is 15.2. The van der Waals surface area contributed by atoms with Crippen molar-refractivity contribution in [3.63, 3.8) is 0 Å². The third-order valence-corrected chi connectivity index (χ3v) is 12.2. The summed E-state index contributed by atoms with van der Waals surface area (Å²) >= 11 is 0. The maximum atomic E-state index is 5.50. The fraction of sp³-hybridized carbons (Fsp3) is 0.0741. The van der Waals surface area contributed by atoms with Gasteiger partial charge in [0.2, 0.25) is 0 Å². The Morgan fingerprint density at radius 3 is 1.93 bits per heavy atom. The third-order valence-electron chi connectivity index (χ3n) is 12.2. The summed E-state index contributed by atoms with van der Waals surface area (Å²) in [7, 11) is 0. The number of benzene rings is 7. The molecule has 0 atom stereocenters. The largest absolute Gasteiger partial charge is 0.312 e. The molecule has 0 bridgehead atoms. The lowest BCUT2D eigenvalue weighted by molar-refractivity contribution is 0.657. The highest BCUT2D eigenvalue weighted by Gasteiger charge is 2.36. The third kappa shape index (κ3) is 5.31. The van der Waals surface area contributed by atoms with E-state index in [4.69, 9.17) is 16.6 Å². The van der Waals surface area contributed by atoms with Crippen LogP contribution in [-0.4, -0.2) is 24.9 Å². The fourth-order valence-corrected chi connectivity index (χ4v) is 9.36. The van der Waals surface area contributed by atoms with Crippen LogP contribution in [-0.2, 0) is 5.41 Å². The van der Waals surface area contributed by atoms with E-state index in [1.165, 1.54) is 33.0 Å². The van der Waals surface area contributed by atoms with Crippen LogP contribution in [0, 0.1) is 0 Å². The van der Waals surface area contributed by atoms with E-state index >= 15 is 0 Å². The lowest BCUT2D eigenvalue weighted by Crippen LogP contribution is -2.29. The van der Waals surface area contributed by atoms with Gasteiger partial charge in [0, 0.05) is 44.9 Å². The molecule has 1 aliphatic heterocycles. The van der Waals surface area contributed by atoms with Gasteiger partial charge in [0.1, 0.15) is 5.82 Å². The van der Waals surface area contributed by atoms with Crippen molar-refractivity contribution in [2.75, 3.05) is 0 Å². The van der Waals surface area contributed by atoms with Gasteiger partial charge >= 0.3 is 0 Å². The topological polar surface area (TPSA) is 38.4 Å². The van der Waals surface area contributed by atoms with Gasteiger partial charge in [-0.3, -0.25) is 9.13 Å². The zero-order valence-corrected chi connectivity index (χ0v) is 33.3. The van der Waals surface area contributed by atoms with E-state index in [2.05, 4.69) is 205 Å². The molecule has 0 N–H and O–H groups in total. The molecule has 9 aromatic rings. The summed E-state index contributed by atoms with van der Waals surface area (Å²) in [6, 6.07) is 60.3. The maximum Gasteiger partial charge on any atom is 0.162 e. The van der Waals surface area contributed by atoms with E-state index in [0.717, 1.165) is 73.2 Å². The Bertz CT molecular complexity index is 3210. The summed E-state index contributed by atoms with van der Waals surface area (Å²) in [6.45, 7) is 11.6. The van der Waals surface area contributed by atoms with Gasteiger partial charge in [-0.2, -0.15) is 0 Å². The first-order valence-corrected chi connectivity index (χ1v) is 20.2. The minimum atomic E-state index is -0.126. The van der Waals surface area contributed by atoms with Gasteiger partial charge in [-0.15, -0.1) is 0 Å². The standard InChI is InChI=1S/C54H41N5/c1-5-48(38-31-32-41-40-19-9-12-22-44(40)54(3,4)45(41)33-38)57-34-47(56-52(35(57)2)59-49-24-14-10-20-42(49)43-21-11-15-25-50(43)59)36-27-29-37(30-28-36)53-55-46-23-13-16-26-51(46)58(53)39-17-7-6-8-18-39/h5-34H,2H2,1,3-4H3/b48-5-. The lowest BCUT2D eigenvalue weighted by Gasteiger charge is -2.32. The van der Waals surface area contributed by atoms with E-state index < -0.39 is 0 Å². The SMILES string of the molecule is C=C1C(n2c3ccccc3c3ccccc32)=NC(c2ccc(-c3nc4ccccc4n3-c3ccccc3)cc2)=CN1/C(=C\C)c1ccc2c(c1)C(C)(C)c1ccccc1-2. The van der Waals surface area contributed by atoms with Gasteiger partial charge in [0.15, 0.2) is 5.84 Å². The number of allylic oxidation sites excluding steroid dienone is 2. The molecular weight excluding hydrogens is 719 g/mol. The molecule has 5 nitrogen and oxygen atoms in total. The number of rotatable bonds is 5. The number of imidazole rings is 1. The van der Waals surface area contributed by atoms with Gasteiger partial charge in [-0.25, -0.2) is 9.98 Å². The Labute approximate surface area is 343 Å². The molecule has 0 fully saturated rings. The zero-order chi connectivity index (χ0) is 39.8. The smallest absolute Gasteiger partial charge is 0.162 e. The average Bonchev–Trinajstić information content (AvgIpc) is 3.91. The maximum absolute atomic E-state index is 5.50. The van der Waals surface area contributed by atoms with Crippen LogP contribution in [0.4, 0.5) is 0 Å². The van der Waals surface area contributed by atoms with E-state index in [0.29, 0.717) is 0 Å². The molecule has 282 valence electrons. The summed E-state index contributed by atoms with van der Waals surface area (Å²) in [5.74, 6) is 1.67. The molecule has 0 unspecified atom stereocenters. The predicted molar refractivity (Wildman–Crippen MR) is 245 cm³/mol. The Hall–Kier alpha value is -7.50. The normalized spacial score (nSPS) is 14.8. The second-order valence-electron chi connectivity index (χ2n) is 15.9. The molecule has 1 aliphatic carbocycles. The first-order chi connectivity index (χ1) is 28.9. The first-order valence-electron chi connectivity index (χ1n) is 20.2. The van der Waals surface area contributed by atoms with Crippen molar-refractivity contribution < 1.29 is 0 Å². The second kappa shape index (κ2) is 13.3. The van der Waals surface area contributed by atoms with E-state index in [1.807, 2.05) is 12.1 Å². The van der Waals surface area contributed by atoms with Crippen molar-refractivity contribution in [2.24, 2.45) is 4.99 Å². The average molecular weight is 760 g/mol.